The number of hydrogen-bond acceptors (Lipinski definition) is 5. The molecular weight excluding hydrogens is 332 g/mol. The largest absolute Gasteiger partial charge is 0.394 e. The number of allylic oxidation sites excluding steroid dienone is 2. The van der Waals surface area contributed by atoms with Crippen LogP contribution >= 0.6 is 0 Å². The van der Waals surface area contributed by atoms with E-state index in [1.54, 1.807) is 6.08 Å². The van der Waals surface area contributed by atoms with Crippen LogP contribution in [0.15, 0.2) is 24.3 Å². The highest BCUT2D eigenvalue weighted by molar-refractivity contribution is 5.06. The van der Waals surface area contributed by atoms with Crippen molar-refractivity contribution in [3.05, 3.63) is 24.3 Å². The van der Waals surface area contributed by atoms with Gasteiger partial charge in [0.25, 0.3) is 0 Å². The second kappa shape index (κ2) is 13.4. The molecule has 6 atom stereocenters. The molecule has 1 aliphatic carbocycles. The maximum atomic E-state index is 10.2. The monoisotopic (exact) mass is 370 g/mol. The predicted octanol–water partition coefficient (Wildman–Crippen LogP) is 2.31. The molecule has 0 saturated heterocycles. The second-order valence-corrected chi connectivity index (χ2v) is 7.53. The lowest BCUT2D eigenvalue weighted by Crippen LogP contribution is -2.20. The van der Waals surface area contributed by atoms with Gasteiger partial charge in [-0.05, 0) is 38.0 Å². The minimum absolute atomic E-state index is 0.0385. The van der Waals surface area contributed by atoms with E-state index < -0.39 is 24.4 Å². The molecule has 26 heavy (non-hydrogen) atoms. The standard InChI is InChI=1S/C21H38O5/c1-2-3-6-9-16(23)12-13-19-18(20(25)14-21(19)26)11-8-5-4-7-10-17(24)15-22/h5,8,12-13,16-26H,2-4,6-7,9-11,14-15H2,1H3/b8-5-,13-12+/t16-,17?,18+,19+,20-,21+/m0/s1. The maximum Gasteiger partial charge on any atom is 0.0771 e. The molecule has 5 nitrogen and oxygen atoms in total. The quantitative estimate of drug-likeness (QED) is 0.253. The zero-order valence-electron chi connectivity index (χ0n) is 16.1. The highest BCUT2D eigenvalue weighted by atomic mass is 16.3. The van der Waals surface area contributed by atoms with Gasteiger partial charge < -0.3 is 25.5 Å². The van der Waals surface area contributed by atoms with Gasteiger partial charge in [-0.15, -0.1) is 0 Å². The van der Waals surface area contributed by atoms with E-state index >= 15 is 0 Å². The molecule has 5 heteroatoms. The highest BCUT2D eigenvalue weighted by Gasteiger charge is 2.39. The summed E-state index contributed by atoms with van der Waals surface area (Å²) in [4.78, 5) is 0. The van der Waals surface area contributed by atoms with Crippen LogP contribution in [0.3, 0.4) is 0 Å². The average molecular weight is 371 g/mol. The van der Waals surface area contributed by atoms with E-state index in [2.05, 4.69) is 6.92 Å². The minimum Gasteiger partial charge on any atom is -0.394 e. The van der Waals surface area contributed by atoms with Crippen LogP contribution in [-0.4, -0.2) is 56.6 Å². The van der Waals surface area contributed by atoms with Crippen molar-refractivity contribution in [2.24, 2.45) is 11.8 Å². The van der Waals surface area contributed by atoms with Crippen molar-refractivity contribution >= 4 is 0 Å². The fourth-order valence-electron chi connectivity index (χ4n) is 3.60. The van der Waals surface area contributed by atoms with Crippen LogP contribution in [0, 0.1) is 11.8 Å². The van der Waals surface area contributed by atoms with Gasteiger partial charge in [-0.2, -0.15) is 0 Å². The van der Waals surface area contributed by atoms with Gasteiger partial charge in [0.15, 0.2) is 0 Å². The molecule has 0 amide bonds. The fourth-order valence-corrected chi connectivity index (χ4v) is 3.60. The zero-order valence-corrected chi connectivity index (χ0v) is 16.1. The van der Waals surface area contributed by atoms with Crippen molar-refractivity contribution < 1.29 is 25.5 Å². The van der Waals surface area contributed by atoms with Crippen molar-refractivity contribution in [1.82, 2.24) is 0 Å². The Kier molecular flexibility index (Phi) is 12.1. The average Bonchev–Trinajstić information content (AvgIpc) is 2.89. The normalized spacial score (nSPS) is 29.0. The summed E-state index contributed by atoms with van der Waals surface area (Å²) in [5.41, 5.74) is 0. The molecular formula is C21H38O5. The molecule has 0 aromatic rings. The fraction of sp³-hybridized carbons (Fsp3) is 0.810. The second-order valence-electron chi connectivity index (χ2n) is 7.53. The molecule has 0 aromatic carbocycles. The predicted molar refractivity (Wildman–Crippen MR) is 104 cm³/mol. The third-order valence-corrected chi connectivity index (χ3v) is 5.27. The SMILES string of the molecule is CCCCC[C@H](O)/C=C/[C@@H]1[C@@H](C/C=C\CCCC(O)CO)[C@@H](O)C[C@H]1O. The summed E-state index contributed by atoms with van der Waals surface area (Å²) in [7, 11) is 0. The van der Waals surface area contributed by atoms with Gasteiger partial charge in [-0.1, -0.05) is 50.5 Å². The molecule has 1 saturated carbocycles. The molecule has 1 aliphatic rings. The van der Waals surface area contributed by atoms with E-state index in [4.69, 9.17) is 5.11 Å². The molecule has 0 spiro atoms. The summed E-state index contributed by atoms with van der Waals surface area (Å²) in [6.45, 7) is 1.93. The van der Waals surface area contributed by atoms with Crippen LogP contribution in [0.4, 0.5) is 0 Å². The van der Waals surface area contributed by atoms with Crippen LogP contribution < -0.4 is 0 Å². The summed E-state index contributed by atoms with van der Waals surface area (Å²) in [5.74, 6) is -0.171. The molecule has 152 valence electrons. The smallest absolute Gasteiger partial charge is 0.0771 e. The van der Waals surface area contributed by atoms with Gasteiger partial charge >= 0.3 is 0 Å². The number of unbranched alkanes of at least 4 members (excludes halogenated alkanes) is 3. The van der Waals surface area contributed by atoms with E-state index in [-0.39, 0.29) is 18.4 Å². The van der Waals surface area contributed by atoms with Gasteiger partial charge in [0.2, 0.25) is 0 Å². The maximum absolute atomic E-state index is 10.2. The van der Waals surface area contributed by atoms with Gasteiger partial charge in [0.1, 0.15) is 0 Å². The first-order valence-electron chi connectivity index (χ1n) is 10.2. The van der Waals surface area contributed by atoms with Crippen LogP contribution in [0.1, 0.15) is 64.7 Å². The van der Waals surface area contributed by atoms with E-state index in [1.807, 2.05) is 18.2 Å². The van der Waals surface area contributed by atoms with Gasteiger partial charge in [0.05, 0.1) is 31.0 Å². The first kappa shape index (κ1) is 23.3. The first-order chi connectivity index (χ1) is 12.5. The van der Waals surface area contributed by atoms with Crippen molar-refractivity contribution in [1.29, 1.82) is 0 Å². The summed E-state index contributed by atoms with van der Waals surface area (Å²) >= 11 is 0. The lowest BCUT2D eigenvalue weighted by molar-refractivity contribution is 0.0868. The van der Waals surface area contributed by atoms with Crippen LogP contribution in [0.25, 0.3) is 0 Å². The molecule has 0 radical (unpaired) electrons. The molecule has 0 bridgehead atoms. The molecule has 5 N–H and O–H groups in total. The zero-order chi connectivity index (χ0) is 19.4. The summed E-state index contributed by atoms with van der Waals surface area (Å²) in [6, 6.07) is 0. The number of aliphatic hydroxyl groups is 5. The Hall–Kier alpha value is -0.720. The molecule has 1 fully saturated rings. The molecule has 1 rings (SSSR count). The Morgan fingerprint density at radius 2 is 1.77 bits per heavy atom. The van der Waals surface area contributed by atoms with Crippen molar-refractivity contribution in [3.8, 4) is 0 Å². The Morgan fingerprint density at radius 3 is 2.46 bits per heavy atom. The lowest BCUT2D eigenvalue weighted by Gasteiger charge is -2.19. The number of aliphatic hydroxyl groups excluding tert-OH is 5. The van der Waals surface area contributed by atoms with Crippen LogP contribution in [0.5, 0.6) is 0 Å². The van der Waals surface area contributed by atoms with E-state index in [0.29, 0.717) is 19.3 Å². The molecule has 0 aliphatic heterocycles. The Bertz CT molecular complexity index is 409. The Labute approximate surface area is 158 Å². The topological polar surface area (TPSA) is 101 Å². The van der Waals surface area contributed by atoms with Crippen molar-refractivity contribution in [3.63, 3.8) is 0 Å². The Morgan fingerprint density at radius 1 is 1.00 bits per heavy atom. The van der Waals surface area contributed by atoms with Crippen LogP contribution in [-0.2, 0) is 0 Å². The lowest BCUT2D eigenvalue weighted by atomic mass is 9.89. The molecule has 0 aromatic heterocycles. The van der Waals surface area contributed by atoms with Crippen molar-refractivity contribution in [2.75, 3.05) is 6.61 Å². The Balaban J connectivity index is 2.43. The summed E-state index contributed by atoms with van der Waals surface area (Å²) in [6.07, 6.45) is 12.7. The number of rotatable bonds is 13. The minimum atomic E-state index is -0.645. The van der Waals surface area contributed by atoms with Gasteiger partial charge in [-0.3, -0.25) is 0 Å². The van der Waals surface area contributed by atoms with E-state index in [9.17, 15) is 20.4 Å². The van der Waals surface area contributed by atoms with Crippen molar-refractivity contribution in [2.45, 2.75) is 89.1 Å². The summed E-state index contributed by atoms with van der Waals surface area (Å²) in [5, 5.41) is 48.5. The molecule has 1 unspecified atom stereocenters. The van der Waals surface area contributed by atoms with E-state index in [1.165, 1.54) is 0 Å². The van der Waals surface area contributed by atoms with Crippen LogP contribution in [0.2, 0.25) is 0 Å². The van der Waals surface area contributed by atoms with E-state index in [0.717, 1.165) is 38.5 Å². The van der Waals surface area contributed by atoms with Gasteiger partial charge in [0, 0.05) is 12.3 Å². The molecule has 0 heterocycles. The number of hydrogen-bond donors (Lipinski definition) is 5. The third-order valence-electron chi connectivity index (χ3n) is 5.27. The van der Waals surface area contributed by atoms with Gasteiger partial charge in [-0.25, -0.2) is 0 Å². The highest BCUT2D eigenvalue weighted by Crippen LogP contribution is 2.36. The third kappa shape index (κ3) is 8.78. The summed E-state index contributed by atoms with van der Waals surface area (Å²) < 4.78 is 0. The first-order valence-corrected chi connectivity index (χ1v) is 10.2.